The van der Waals surface area contributed by atoms with Crippen LogP contribution in [0.25, 0.3) is 0 Å². The number of hydrogen-bond acceptors (Lipinski definition) is 3. The van der Waals surface area contributed by atoms with Gasteiger partial charge in [-0.3, -0.25) is 4.79 Å². The molecule has 0 radical (unpaired) electrons. The normalized spacial score (nSPS) is 10.2. The highest BCUT2D eigenvalue weighted by Crippen LogP contribution is 2.14. The molecular weight excluding hydrogens is 334 g/mol. The molecule has 2 aromatic rings. The molecule has 1 aromatic carbocycles. The van der Waals surface area contributed by atoms with E-state index in [0.29, 0.717) is 30.2 Å². The second kappa shape index (κ2) is 8.55. The van der Waals surface area contributed by atoms with Crippen LogP contribution in [0.15, 0.2) is 36.4 Å². The zero-order valence-electron chi connectivity index (χ0n) is 12.7. The minimum absolute atomic E-state index is 0.258. The van der Waals surface area contributed by atoms with Gasteiger partial charge in [-0.25, -0.2) is 4.79 Å². The lowest BCUT2D eigenvalue weighted by molar-refractivity contribution is 0.0954. The highest BCUT2D eigenvalue weighted by Gasteiger charge is 2.08. The molecule has 0 aliphatic rings. The minimum Gasteiger partial charge on any atom is -0.350 e. The third-order valence-electron chi connectivity index (χ3n) is 3.03. The molecule has 0 unspecified atom stereocenters. The highest BCUT2D eigenvalue weighted by atomic mass is 35.5. The van der Waals surface area contributed by atoms with Crippen molar-refractivity contribution in [3.63, 3.8) is 0 Å². The van der Waals surface area contributed by atoms with E-state index in [0.717, 1.165) is 4.88 Å². The van der Waals surface area contributed by atoms with Gasteiger partial charge in [-0.05, 0) is 31.2 Å². The maximum Gasteiger partial charge on any atom is 0.315 e. The molecule has 0 fully saturated rings. The van der Waals surface area contributed by atoms with Gasteiger partial charge in [0.1, 0.15) is 0 Å². The number of amides is 3. The Morgan fingerprint density at radius 2 is 1.78 bits per heavy atom. The molecule has 3 amide bonds. The van der Waals surface area contributed by atoms with Crippen molar-refractivity contribution >= 4 is 34.9 Å². The number of carbonyl (C=O) groups excluding carboxylic acids is 2. The number of hydrogen-bond donors (Lipinski definition) is 3. The van der Waals surface area contributed by atoms with Crippen molar-refractivity contribution in [3.8, 4) is 0 Å². The lowest BCUT2D eigenvalue weighted by Gasteiger charge is -2.09. The van der Waals surface area contributed by atoms with Crippen LogP contribution >= 0.6 is 22.9 Å². The van der Waals surface area contributed by atoms with E-state index in [1.165, 1.54) is 4.88 Å². The van der Waals surface area contributed by atoms with Crippen molar-refractivity contribution in [1.82, 2.24) is 16.0 Å². The first kappa shape index (κ1) is 17.3. The summed E-state index contributed by atoms with van der Waals surface area (Å²) in [6, 6.07) is 10.6. The molecule has 0 spiro atoms. The Balaban J connectivity index is 1.64. The largest absolute Gasteiger partial charge is 0.350 e. The predicted molar refractivity (Wildman–Crippen MR) is 93.1 cm³/mol. The van der Waals surface area contributed by atoms with E-state index < -0.39 is 0 Å². The fourth-order valence-electron chi connectivity index (χ4n) is 1.90. The zero-order chi connectivity index (χ0) is 16.7. The highest BCUT2D eigenvalue weighted by molar-refractivity contribution is 7.11. The molecular formula is C16H18ClN3O2S. The SMILES string of the molecule is Cc1ccc(CNC(=O)NCCNC(=O)c2ccccc2Cl)s1. The molecule has 1 aromatic heterocycles. The molecule has 0 bridgehead atoms. The van der Waals surface area contributed by atoms with E-state index in [-0.39, 0.29) is 11.9 Å². The molecule has 122 valence electrons. The first-order valence-corrected chi connectivity index (χ1v) is 8.35. The average Bonchev–Trinajstić information content (AvgIpc) is 2.95. The summed E-state index contributed by atoms with van der Waals surface area (Å²) in [7, 11) is 0. The van der Waals surface area contributed by atoms with Gasteiger partial charge in [0.15, 0.2) is 0 Å². The van der Waals surface area contributed by atoms with Crippen molar-refractivity contribution in [2.24, 2.45) is 0 Å². The first-order valence-electron chi connectivity index (χ1n) is 7.16. The summed E-state index contributed by atoms with van der Waals surface area (Å²) in [6.07, 6.45) is 0. The maximum atomic E-state index is 11.9. The molecule has 3 N–H and O–H groups in total. The van der Waals surface area contributed by atoms with Gasteiger partial charge in [0.2, 0.25) is 0 Å². The Labute approximate surface area is 144 Å². The Kier molecular flexibility index (Phi) is 6.43. The van der Waals surface area contributed by atoms with Gasteiger partial charge in [-0.1, -0.05) is 23.7 Å². The number of benzene rings is 1. The van der Waals surface area contributed by atoms with Gasteiger partial charge < -0.3 is 16.0 Å². The fraction of sp³-hybridized carbons (Fsp3) is 0.250. The summed E-state index contributed by atoms with van der Waals surface area (Å²) in [4.78, 5) is 25.9. The number of nitrogens with one attached hydrogen (secondary N) is 3. The number of aryl methyl sites for hydroxylation is 1. The zero-order valence-corrected chi connectivity index (χ0v) is 14.3. The van der Waals surface area contributed by atoms with Crippen LogP contribution in [0.4, 0.5) is 4.79 Å². The van der Waals surface area contributed by atoms with Crippen molar-refractivity contribution in [2.45, 2.75) is 13.5 Å². The predicted octanol–water partition coefficient (Wildman–Crippen LogP) is 2.94. The molecule has 2 rings (SSSR count). The number of carbonyl (C=O) groups is 2. The second-order valence-corrected chi connectivity index (χ2v) is 6.64. The van der Waals surface area contributed by atoms with E-state index in [4.69, 9.17) is 11.6 Å². The van der Waals surface area contributed by atoms with Crippen LogP contribution in [-0.4, -0.2) is 25.0 Å². The van der Waals surface area contributed by atoms with E-state index in [1.54, 1.807) is 35.6 Å². The van der Waals surface area contributed by atoms with Crippen molar-refractivity contribution in [2.75, 3.05) is 13.1 Å². The van der Waals surface area contributed by atoms with E-state index in [1.807, 2.05) is 19.1 Å². The quantitative estimate of drug-likeness (QED) is 0.700. The summed E-state index contributed by atoms with van der Waals surface area (Å²) in [6.45, 7) is 3.19. The van der Waals surface area contributed by atoms with E-state index in [2.05, 4.69) is 16.0 Å². The smallest absolute Gasteiger partial charge is 0.315 e. The molecule has 0 saturated heterocycles. The van der Waals surface area contributed by atoms with Crippen LogP contribution in [0.5, 0.6) is 0 Å². The Bertz CT molecular complexity index is 687. The number of halogens is 1. The van der Waals surface area contributed by atoms with Crippen molar-refractivity contribution in [1.29, 1.82) is 0 Å². The summed E-state index contributed by atoms with van der Waals surface area (Å²) >= 11 is 7.59. The lowest BCUT2D eigenvalue weighted by atomic mass is 10.2. The number of urea groups is 1. The van der Waals surface area contributed by atoms with E-state index >= 15 is 0 Å². The van der Waals surface area contributed by atoms with Gasteiger partial charge in [0, 0.05) is 22.8 Å². The van der Waals surface area contributed by atoms with Gasteiger partial charge in [-0.2, -0.15) is 0 Å². The summed E-state index contributed by atoms with van der Waals surface area (Å²) in [5, 5.41) is 8.57. The first-order chi connectivity index (χ1) is 11.1. The summed E-state index contributed by atoms with van der Waals surface area (Å²) in [5.74, 6) is -0.258. The molecule has 0 saturated carbocycles. The lowest BCUT2D eigenvalue weighted by Crippen LogP contribution is -2.39. The maximum absolute atomic E-state index is 11.9. The summed E-state index contributed by atoms with van der Waals surface area (Å²) < 4.78 is 0. The molecule has 0 atom stereocenters. The second-order valence-electron chi connectivity index (χ2n) is 4.86. The van der Waals surface area contributed by atoms with Crippen LogP contribution in [0.3, 0.4) is 0 Å². The van der Waals surface area contributed by atoms with Crippen LogP contribution in [0.1, 0.15) is 20.1 Å². The van der Waals surface area contributed by atoms with Gasteiger partial charge in [0.05, 0.1) is 17.1 Å². The third kappa shape index (κ3) is 5.58. The van der Waals surface area contributed by atoms with Crippen LogP contribution in [0.2, 0.25) is 5.02 Å². The number of rotatable bonds is 6. The monoisotopic (exact) mass is 351 g/mol. The topological polar surface area (TPSA) is 70.2 Å². The van der Waals surface area contributed by atoms with Crippen molar-refractivity contribution in [3.05, 3.63) is 56.7 Å². The molecule has 7 heteroatoms. The Morgan fingerprint density at radius 1 is 1.04 bits per heavy atom. The average molecular weight is 352 g/mol. The fourth-order valence-corrected chi connectivity index (χ4v) is 2.95. The molecule has 1 heterocycles. The standard InChI is InChI=1S/C16H18ClN3O2S/c1-11-6-7-12(23-11)10-20-16(22)19-9-8-18-15(21)13-4-2-3-5-14(13)17/h2-7H,8-10H2,1H3,(H,18,21)(H2,19,20,22). The molecule has 0 aliphatic heterocycles. The number of thiophene rings is 1. The summed E-state index contributed by atoms with van der Waals surface area (Å²) in [5.41, 5.74) is 0.423. The van der Waals surface area contributed by atoms with Gasteiger partial charge in [0.25, 0.3) is 5.91 Å². The Morgan fingerprint density at radius 3 is 2.48 bits per heavy atom. The van der Waals surface area contributed by atoms with Crippen LogP contribution in [0, 0.1) is 6.92 Å². The Hall–Kier alpha value is -2.05. The third-order valence-corrected chi connectivity index (χ3v) is 4.36. The van der Waals surface area contributed by atoms with Crippen molar-refractivity contribution < 1.29 is 9.59 Å². The van der Waals surface area contributed by atoms with Crippen LogP contribution < -0.4 is 16.0 Å². The molecule has 23 heavy (non-hydrogen) atoms. The van der Waals surface area contributed by atoms with E-state index in [9.17, 15) is 9.59 Å². The van der Waals surface area contributed by atoms with Gasteiger partial charge in [-0.15, -0.1) is 11.3 Å². The molecule has 5 nitrogen and oxygen atoms in total. The minimum atomic E-state index is -0.261. The van der Waals surface area contributed by atoms with Crippen LogP contribution in [-0.2, 0) is 6.54 Å². The van der Waals surface area contributed by atoms with Gasteiger partial charge >= 0.3 is 6.03 Å². The molecule has 0 aliphatic carbocycles.